The Morgan fingerprint density at radius 1 is 1.11 bits per heavy atom. The summed E-state index contributed by atoms with van der Waals surface area (Å²) >= 11 is 1.49. The van der Waals surface area contributed by atoms with Crippen LogP contribution < -0.4 is 4.46 Å². The quantitative estimate of drug-likeness (QED) is 0.539. The SMILES string of the molecule is P[Se][Se]c1ccccc1. The van der Waals surface area contributed by atoms with Gasteiger partial charge < -0.3 is 0 Å². The van der Waals surface area contributed by atoms with Crippen LogP contribution in [-0.4, -0.2) is 25.8 Å². The van der Waals surface area contributed by atoms with Crippen molar-refractivity contribution in [1.29, 1.82) is 0 Å². The summed E-state index contributed by atoms with van der Waals surface area (Å²) in [5.41, 5.74) is 0. The third kappa shape index (κ3) is 2.85. The minimum atomic E-state index is 0.735. The molecule has 1 atom stereocenters. The summed E-state index contributed by atoms with van der Waals surface area (Å²) in [7, 11) is 2.82. The Morgan fingerprint density at radius 2 is 1.78 bits per heavy atom. The Hall–Kier alpha value is 0.689. The van der Waals surface area contributed by atoms with Gasteiger partial charge in [-0.2, -0.15) is 0 Å². The van der Waals surface area contributed by atoms with Gasteiger partial charge in [0.05, 0.1) is 0 Å². The fourth-order valence-electron chi connectivity index (χ4n) is 0.532. The van der Waals surface area contributed by atoms with Gasteiger partial charge in [0, 0.05) is 0 Å². The van der Waals surface area contributed by atoms with E-state index >= 15 is 0 Å². The Morgan fingerprint density at radius 3 is 2.33 bits per heavy atom. The molecule has 0 amide bonds. The Kier molecular flexibility index (Phi) is 3.89. The van der Waals surface area contributed by atoms with E-state index in [1.54, 1.807) is 0 Å². The second kappa shape index (κ2) is 4.50. The molecule has 0 nitrogen and oxygen atoms in total. The van der Waals surface area contributed by atoms with Crippen molar-refractivity contribution in [3.63, 3.8) is 0 Å². The zero-order valence-electron chi connectivity index (χ0n) is 4.78. The zero-order valence-corrected chi connectivity index (χ0v) is 9.36. The van der Waals surface area contributed by atoms with Crippen LogP contribution in [0.4, 0.5) is 0 Å². The van der Waals surface area contributed by atoms with Crippen LogP contribution in [0.5, 0.6) is 0 Å². The first kappa shape index (κ1) is 7.79. The molecular weight excluding hydrogens is 261 g/mol. The molecule has 9 heavy (non-hydrogen) atoms. The molecule has 0 saturated heterocycles. The average Bonchev–Trinajstić information content (AvgIpc) is 1.91. The second-order valence-electron chi connectivity index (χ2n) is 1.49. The molecular formula is C6H7PSe2. The predicted octanol–water partition coefficient (Wildman–Crippen LogP) is 0.425. The molecule has 0 radical (unpaired) electrons. The van der Waals surface area contributed by atoms with Crippen LogP contribution in [0.1, 0.15) is 0 Å². The third-order valence-corrected chi connectivity index (χ3v) is 7.81. The normalized spacial score (nSPS) is 9.44. The molecule has 0 aliphatic carbocycles. The summed E-state index contributed by atoms with van der Waals surface area (Å²) in [4.78, 5) is 0. The molecule has 0 aliphatic heterocycles. The van der Waals surface area contributed by atoms with Gasteiger partial charge in [0.1, 0.15) is 0 Å². The maximum absolute atomic E-state index is 2.82. The molecule has 0 bridgehead atoms. The molecule has 0 heterocycles. The summed E-state index contributed by atoms with van der Waals surface area (Å²) in [6.45, 7) is 0. The number of hydrogen-bond acceptors (Lipinski definition) is 0. The molecule has 0 saturated carbocycles. The Balaban J connectivity index is 2.61. The molecule has 1 aromatic rings. The van der Waals surface area contributed by atoms with Gasteiger partial charge >= 0.3 is 68.5 Å². The molecule has 3 heteroatoms. The van der Waals surface area contributed by atoms with E-state index < -0.39 is 0 Å². The second-order valence-corrected chi connectivity index (χ2v) is 12.3. The summed E-state index contributed by atoms with van der Waals surface area (Å²) < 4.78 is 1.51. The number of benzene rings is 1. The van der Waals surface area contributed by atoms with E-state index in [4.69, 9.17) is 0 Å². The topological polar surface area (TPSA) is 0 Å². The fraction of sp³-hybridized carbons (Fsp3) is 0. The van der Waals surface area contributed by atoms with Gasteiger partial charge in [-0.3, -0.25) is 0 Å². The first-order chi connectivity index (χ1) is 4.43. The standard InChI is InChI=1S/C6H7PSe2/c7-9-8-6-4-2-1-3-5-6/h1-5H,7H2. The average molecular weight is 268 g/mol. The van der Waals surface area contributed by atoms with Crippen LogP contribution in [0.3, 0.4) is 0 Å². The Labute approximate surface area is 68.5 Å². The summed E-state index contributed by atoms with van der Waals surface area (Å²) in [6, 6.07) is 10.7. The summed E-state index contributed by atoms with van der Waals surface area (Å²) in [5.74, 6) is 0. The van der Waals surface area contributed by atoms with Crippen molar-refractivity contribution in [3.8, 4) is 0 Å². The van der Waals surface area contributed by atoms with Crippen molar-refractivity contribution >= 4 is 38.2 Å². The fourth-order valence-corrected chi connectivity index (χ4v) is 6.75. The maximum atomic E-state index is 2.82. The molecule has 1 rings (SSSR count). The predicted molar refractivity (Wildman–Crippen MR) is 47.3 cm³/mol. The van der Waals surface area contributed by atoms with Crippen LogP contribution in [0.15, 0.2) is 30.3 Å². The summed E-state index contributed by atoms with van der Waals surface area (Å²) in [6.07, 6.45) is 0. The van der Waals surface area contributed by atoms with Crippen molar-refractivity contribution in [2.45, 2.75) is 0 Å². The number of hydrogen-bond donors (Lipinski definition) is 0. The van der Waals surface area contributed by atoms with E-state index in [0.717, 1.165) is 25.8 Å². The zero-order chi connectivity index (χ0) is 6.53. The van der Waals surface area contributed by atoms with Crippen LogP contribution >= 0.6 is 7.93 Å². The van der Waals surface area contributed by atoms with Crippen molar-refractivity contribution in [1.82, 2.24) is 0 Å². The Bertz CT molecular complexity index is 164. The van der Waals surface area contributed by atoms with Gasteiger partial charge in [-0.1, -0.05) is 0 Å². The molecule has 0 aromatic heterocycles. The summed E-state index contributed by atoms with van der Waals surface area (Å²) in [5, 5.41) is 0. The van der Waals surface area contributed by atoms with E-state index in [9.17, 15) is 0 Å². The monoisotopic (exact) mass is 270 g/mol. The molecule has 0 aliphatic rings. The molecule has 0 N–H and O–H groups in total. The first-order valence-electron chi connectivity index (χ1n) is 2.52. The molecule has 1 aromatic carbocycles. The molecule has 48 valence electrons. The third-order valence-electron chi connectivity index (χ3n) is 0.888. The van der Waals surface area contributed by atoms with Gasteiger partial charge in [0.2, 0.25) is 0 Å². The van der Waals surface area contributed by atoms with Gasteiger partial charge in [0.15, 0.2) is 0 Å². The first-order valence-corrected chi connectivity index (χ1v) is 11.1. The van der Waals surface area contributed by atoms with Gasteiger partial charge in [-0.05, 0) is 0 Å². The van der Waals surface area contributed by atoms with Crippen molar-refractivity contribution in [3.05, 3.63) is 30.3 Å². The molecule has 0 spiro atoms. The van der Waals surface area contributed by atoms with Crippen LogP contribution in [0, 0.1) is 0 Å². The van der Waals surface area contributed by atoms with Gasteiger partial charge in [0.25, 0.3) is 0 Å². The van der Waals surface area contributed by atoms with Crippen molar-refractivity contribution in [2.24, 2.45) is 0 Å². The van der Waals surface area contributed by atoms with E-state index in [2.05, 4.69) is 38.3 Å². The van der Waals surface area contributed by atoms with Crippen molar-refractivity contribution < 1.29 is 0 Å². The van der Waals surface area contributed by atoms with E-state index in [0.29, 0.717) is 0 Å². The van der Waals surface area contributed by atoms with Crippen LogP contribution in [0.2, 0.25) is 0 Å². The van der Waals surface area contributed by atoms with Crippen LogP contribution in [0.25, 0.3) is 0 Å². The van der Waals surface area contributed by atoms with E-state index in [-0.39, 0.29) is 0 Å². The van der Waals surface area contributed by atoms with E-state index in [1.807, 2.05) is 0 Å². The van der Waals surface area contributed by atoms with Gasteiger partial charge in [-0.15, -0.1) is 0 Å². The molecule has 0 fully saturated rings. The van der Waals surface area contributed by atoms with E-state index in [1.165, 1.54) is 4.46 Å². The van der Waals surface area contributed by atoms with Crippen molar-refractivity contribution in [2.75, 3.05) is 0 Å². The van der Waals surface area contributed by atoms with Crippen LogP contribution in [-0.2, 0) is 0 Å². The molecule has 1 unspecified atom stereocenters. The minimum absolute atomic E-state index is 0.735. The van der Waals surface area contributed by atoms with Gasteiger partial charge in [-0.25, -0.2) is 0 Å². The number of rotatable bonds is 2.